The van der Waals surface area contributed by atoms with Gasteiger partial charge in [-0.25, -0.2) is 0 Å². The molecule has 0 radical (unpaired) electrons. The molecule has 2 N–H and O–H groups in total. The van der Waals surface area contributed by atoms with E-state index in [1.165, 1.54) is 0 Å². The molecule has 0 aliphatic carbocycles. The average Bonchev–Trinajstić information content (AvgIpc) is 2.12. The van der Waals surface area contributed by atoms with E-state index < -0.39 is 29.4 Å². The number of nitrogens with two attached hydrogens (primary N) is 1. The maximum atomic E-state index is 12.3. The second-order valence-corrected chi connectivity index (χ2v) is 5.31. The van der Waals surface area contributed by atoms with Crippen LogP contribution in [0.2, 0.25) is 0 Å². The van der Waals surface area contributed by atoms with Gasteiger partial charge in [-0.15, -0.1) is 0 Å². The molecule has 0 aliphatic heterocycles. The lowest BCUT2D eigenvalue weighted by Crippen LogP contribution is -2.35. The van der Waals surface area contributed by atoms with Crippen molar-refractivity contribution in [1.82, 2.24) is 0 Å². The summed E-state index contributed by atoms with van der Waals surface area (Å²) in [6.45, 7) is 3.31. The van der Waals surface area contributed by atoms with Gasteiger partial charge in [-0.2, -0.15) is 13.2 Å². The summed E-state index contributed by atoms with van der Waals surface area (Å²) in [6, 6.07) is 0. The standard InChI is InChI=1S/C9H18F3NOS/c1-3-7(2)5-15(14)6-8(4-13)9(10,11)12/h7-8H,3-6,13H2,1-2H3. The average molecular weight is 245 g/mol. The minimum Gasteiger partial charge on any atom is -0.330 e. The van der Waals surface area contributed by atoms with E-state index >= 15 is 0 Å². The summed E-state index contributed by atoms with van der Waals surface area (Å²) >= 11 is 0. The van der Waals surface area contributed by atoms with Crippen LogP contribution in [0.5, 0.6) is 0 Å². The highest BCUT2D eigenvalue weighted by molar-refractivity contribution is 7.85. The third-order valence-corrected chi connectivity index (χ3v) is 4.02. The van der Waals surface area contributed by atoms with Gasteiger partial charge in [-0.05, 0) is 5.92 Å². The first kappa shape index (κ1) is 14.9. The Labute approximate surface area is 90.9 Å². The second kappa shape index (κ2) is 6.48. The predicted octanol–water partition coefficient (Wildman–Crippen LogP) is 1.92. The molecule has 0 aromatic rings. The van der Waals surface area contributed by atoms with Crippen LogP contribution < -0.4 is 5.73 Å². The minimum atomic E-state index is -4.33. The van der Waals surface area contributed by atoms with Gasteiger partial charge in [0.2, 0.25) is 0 Å². The SMILES string of the molecule is CCC(C)CS(=O)CC(CN)C(F)(F)F. The van der Waals surface area contributed by atoms with Crippen LogP contribution in [0.3, 0.4) is 0 Å². The van der Waals surface area contributed by atoms with E-state index in [1.807, 2.05) is 13.8 Å². The first-order valence-electron chi connectivity index (χ1n) is 4.93. The highest BCUT2D eigenvalue weighted by atomic mass is 32.2. The van der Waals surface area contributed by atoms with E-state index in [-0.39, 0.29) is 11.7 Å². The van der Waals surface area contributed by atoms with Gasteiger partial charge in [0.05, 0.1) is 5.92 Å². The molecule has 0 aromatic heterocycles. The maximum Gasteiger partial charge on any atom is 0.393 e. The Balaban J connectivity index is 4.14. The van der Waals surface area contributed by atoms with Crippen molar-refractivity contribution in [2.24, 2.45) is 17.6 Å². The molecule has 0 amide bonds. The Morgan fingerprint density at radius 1 is 1.33 bits per heavy atom. The van der Waals surface area contributed by atoms with Gasteiger partial charge in [0, 0.05) is 28.9 Å². The van der Waals surface area contributed by atoms with Crippen molar-refractivity contribution in [2.75, 3.05) is 18.1 Å². The van der Waals surface area contributed by atoms with Crippen LogP contribution in [0.15, 0.2) is 0 Å². The molecule has 2 nitrogen and oxygen atoms in total. The number of hydrogen-bond donors (Lipinski definition) is 1. The zero-order valence-corrected chi connectivity index (χ0v) is 9.83. The van der Waals surface area contributed by atoms with Crippen molar-refractivity contribution in [3.05, 3.63) is 0 Å². The van der Waals surface area contributed by atoms with Crippen LogP contribution in [0.4, 0.5) is 13.2 Å². The fourth-order valence-corrected chi connectivity index (χ4v) is 2.80. The lowest BCUT2D eigenvalue weighted by molar-refractivity contribution is -0.165. The molecule has 92 valence electrons. The zero-order valence-electron chi connectivity index (χ0n) is 9.01. The fourth-order valence-electron chi connectivity index (χ4n) is 1.02. The Morgan fingerprint density at radius 2 is 1.87 bits per heavy atom. The smallest absolute Gasteiger partial charge is 0.330 e. The van der Waals surface area contributed by atoms with Crippen LogP contribution in [0.25, 0.3) is 0 Å². The third-order valence-electron chi connectivity index (χ3n) is 2.30. The third kappa shape index (κ3) is 6.14. The summed E-state index contributed by atoms with van der Waals surface area (Å²) < 4.78 is 48.2. The van der Waals surface area contributed by atoms with E-state index in [0.29, 0.717) is 5.75 Å². The van der Waals surface area contributed by atoms with E-state index in [1.54, 1.807) is 0 Å². The lowest BCUT2D eigenvalue weighted by Gasteiger charge is -2.18. The van der Waals surface area contributed by atoms with Gasteiger partial charge in [-0.3, -0.25) is 4.21 Å². The van der Waals surface area contributed by atoms with Crippen molar-refractivity contribution in [3.8, 4) is 0 Å². The van der Waals surface area contributed by atoms with Crippen LogP contribution in [-0.4, -0.2) is 28.4 Å². The summed E-state index contributed by atoms with van der Waals surface area (Å²) in [5.74, 6) is -1.49. The molecule has 0 fully saturated rings. The predicted molar refractivity (Wildman–Crippen MR) is 55.9 cm³/mol. The van der Waals surface area contributed by atoms with Crippen LogP contribution in [0.1, 0.15) is 20.3 Å². The number of alkyl halides is 3. The van der Waals surface area contributed by atoms with Crippen LogP contribution >= 0.6 is 0 Å². The Hall–Kier alpha value is -0.100. The van der Waals surface area contributed by atoms with Crippen molar-refractivity contribution >= 4 is 10.8 Å². The molecular weight excluding hydrogens is 227 g/mol. The molecule has 0 aromatic carbocycles. The quantitative estimate of drug-likeness (QED) is 0.777. The van der Waals surface area contributed by atoms with E-state index in [0.717, 1.165) is 6.42 Å². The molecule has 0 bridgehead atoms. The second-order valence-electron chi connectivity index (χ2n) is 3.76. The number of halogens is 3. The Bertz CT molecular complexity index is 208. The zero-order chi connectivity index (χ0) is 12.1. The molecule has 0 aliphatic rings. The molecule has 0 saturated carbocycles. The van der Waals surface area contributed by atoms with Crippen molar-refractivity contribution < 1.29 is 17.4 Å². The molecular formula is C9H18F3NOS. The summed E-state index contributed by atoms with van der Waals surface area (Å²) in [4.78, 5) is 0. The van der Waals surface area contributed by atoms with Gasteiger partial charge >= 0.3 is 6.18 Å². The van der Waals surface area contributed by atoms with Crippen molar-refractivity contribution in [3.63, 3.8) is 0 Å². The molecule has 3 unspecified atom stereocenters. The van der Waals surface area contributed by atoms with E-state index in [2.05, 4.69) is 0 Å². The number of rotatable bonds is 6. The Morgan fingerprint density at radius 3 is 2.20 bits per heavy atom. The van der Waals surface area contributed by atoms with E-state index in [9.17, 15) is 17.4 Å². The van der Waals surface area contributed by atoms with Crippen molar-refractivity contribution in [2.45, 2.75) is 26.4 Å². The summed E-state index contributed by atoms with van der Waals surface area (Å²) in [5, 5.41) is 0. The van der Waals surface area contributed by atoms with Gasteiger partial charge in [-0.1, -0.05) is 20.3 Å². The summed E-state index contributed by atoms with van der Waals surface area (Å²) in [7, 11) is -1.43. The molecule has 0 spiro atoms. The molecule has 0 rings (SSSR count). The Kier molecular flexibility index (Phi) is 6.43. The fraction of sp³-hybridized carbons (Fsp3) is 1.00. The van der Waals surface area contributed by atoms with Gasteiger partial charge < -0.3 is 5.73 Å². The monoisotopic (exact) mass is 245 g/mol. The summed E-state index contributed by atoms with van der Waals surface area (Å²) in [5.41, 5.74) is 5.02. The minimum absolute atomic E-state index is 0.192. The summed E-state index contributed by atoms with van der Waals surface area (Å²) in [6.07, 6.45) is -3.51. The molecule has 15 heavy (non-hydrogen) atoms. The van der Waals surface area contributed by atoms with Gasteiger partial charge in [0.25, 0.3) is 0 Å². The lowest BCUT2D eigenvalue weighted by atomic mass is 10.2. The van der Waals surface area contributed by atoms with Gasteiger partial charge in [0.15, 0.2) is 0 Å². The largest absolute Gasteiger partial charge is 0.393 e. The molecule has 0 saturated heterocycles. The molecule has 6 heteroatoms. The normalized spacial score (nSPS) is 18.5. The highest BCUT2D eigenvalue weighted by Gasteiger charge is 2.39. The number of hydrogen-bond acceptors (Lipinski definition) is 2. The van der Waals surface area contributed by atoms with Crippen molar-refractivity contribution in [1.29, 1.82) is 0 Å². The van der Waals surface area contributed by atoms with E-state index in [4.69, 9.17) is 5.73 Å². The maximum absolute atomic E-state index is 12.3. The first-order valence-corrected chi connectivity index (χ1v) is 6.41. The molecule has 3 atom stereocenters. The van der Waals surface area contributed by atoms with Crippen LogP contribution in [0, 0.1) is 11.8 Å². The van der Waals surface area contributed by atoms with Gasteiger partial charge in [0.1, 0.15) is 0 Å². The van der Waals surface area contributed by atoms with Crippen LogP contribution in [-0.2, 0) is 10.8 Å². The first-order chi connectivity index (χ1) is 6.81. The highest BCUT2D eigenvalue weighted by Crippen LogP contribution is 2.26. The molecule has 0 heterocycles. The topological polar surface area (TPSA) is 43.1 Å².